The van der Waals surface area contributed by atoms with Crippen molar-refractivity contribution in [1.82, 2.24) is 9.05 Å². The standard InChI is InChI=1S/C38H21BN2/c1-2-9-23-19-25-21-35-32(20-24(25)18-22(23)8-1)39-36-28(16-17-31-26-10-3-5-14-33(26)40(35)38(31)36)30-13-7-12-29-27-11-4-6-15-34(27)41(39)37(29)30/h1-21H. The fraction of sp³-hybridized carbons (Fsp3) is 0. The summed E-state index contributed by atoms with van der Waals surface area (Å²) in [5.41, 5.74) is 12.0. The van der Waals surface area contributed by atoms with E-state index >= 15 is 0 Å². The third-order valence-corrected chi connectivity index (χ3v) is 9.81. The van der Waals surface area contributed by atoms with Gasteiger partial charge in [0.2, 0.25) is 0 Å². The van der Waals surface area contributed by atoms with Crippen LogP contribution in [0.15, 0.2) is 127 Å². The summed E-state index contributed by atoms with van der Waals surface area (Å²) in [7, 11) is 0. The van der Waals surface area contributed by atoms with Crippen molar-refractivity contribution < 1.29 is 0 Å². The zero-order valence-corrected chi connectivity index (χ0v) is 22.1. The van der Waals surface area contributed by atoms with E-state index in [1.54, 1.807) is 0 Å². The van der Waals surface area contributed by atoms with Crippen molar-refractivity contribution in [1.29, 1.82) is 0 Å². The van der Waals surface area contributed by atoms with Gasteiger partial charge in [-0.1, -0.05) is 97.1 Å². The van der Waals surface area contributed by atoms with Crippen molar-refractivity contribution in [2.24, 2.45) is 0 Å². The molecule has 7 aromatic carbocycles. The van der Waals surface area contributed by atoms with Gasteiger partial charge in [-0.2, -0.15) is 0 Å². The molecule has 11 rings (SSSR count). The maximum atomic E-state index is 2.65. The summed E-state index contributed by atoms with van der Waals surface area (Å²) in [6, 6.07) is 47.9. The lowest BCUT2D eigenvalue weighted by molar-refractivity contribution is 1.18. The molecule has 0 saturated heterocycles. The predicted octanol–water partition coefficient (Wildman–Crippen LogP) is 8.15. The number of aromatic nitrogens is 2. The minimum absolute atomic E-state index is 0.0914. The molecule has 186 valence electrons. The quantitative estimate of drug-likeness (QED) is 0.142. The SMILES string of the molecule is c1ccc2cc3cc4c(cc3cc2c1)B1c2c(ccc3c5ccccc5n-4c23)-c2cccc3c4ccccc4n1c23. The van der Waals surface area contributed by atoms with E-state index < -0.39 is 0 Å². The van der Waals surface area contributed by atoms with E-state index in [9.17, 15) is 0 Å². The Bertz CT molecular complexity index is 2650. The summed E-state index contributed by atoms with van der Waals surface area (Å²) in [6.45, 7) is 0.0914. The Morgan fingerprint density at radius 2 is 1.10 bits per heavy atom. The number of para-hydroxylation sites is 3. The van der Waals surface area contributed by atoms with Crippen molar-refractivity contribution >= 4 is 82.9 Å². The van der Waals surface area contributed by atoms with E-state index in [0.717, 1.165) is 0 Å². The highest BCUT2D eigenvalue weighted by Crippen LogP contribution is 2.43. The number of fused-ring (bicyclic) bond motifs is 13. The summed E-state index contributed by atoms with van der Waals surface area (Å²) in [4.78, 5) is 0. The Hall–Kier alpha value is -5.28. The highest BCUT2D eigenvalue weighted by Gasteiger charge is 2.41. The molecule has 0 bridgehead atoms. The van der Waals surface area contributed by atoms with E-state index in [1.807, 2.05) is 0 Å². The smallest absolute Gasteiger partial charge is 0.333 e. The van der Waals surface area contributed by atoms with Crippen molar-refractivity contribution in [2.45, 2.75) is 0 Å². The van der Waals surface area contributed by atoms with Gasteiger partial charge in [0.25, 0.3) is 0 Å². The summed E-state index contributed by atoms with van der Waals surface area (Å²) in [6.07, 6.45) is 0. The number of nitrogens with zero attached hydrogens (tertiary/aromatic N) is 2. The van der Waals surface area contributed by atoms with Gasteiger partial charge in [-0.15, -0.1) is 0 Å². The topological polar surface area (TPSA) is 9.86 Å². The second-order valence-corrected chi connectivity index (χ2v) is 11.7. The van der Waals surface area contributed by atoms with Gasteiger partial charge in [-0.05, 0) is 68.4 Å². The first-order chi connectivity index (χ1) is 20.3. The molecule has 0 atom stereocenters. The molecule has 2 aliphatic rings. The van der Waals surface area contributed by atoms with Crippen LogP contribution in [0, 0.1) is 0 Å². The average Bonchev–Trinajstić information content (AvgIpc) is 3.54. The van der Waals surface area contributed by atoms with Crippen LogP contribution in [-0.2, 0) is 0 Å². The van der Waals surface area contributed by atoms with E-state index in [1.165, 1.54) is 92.9 Å². The molecule has 0 amide bonds. The highest BCUT2D eigenvalue weighted by molar-refractivity contribution is 6.90. The number of hydrogen-bond acceptors (Lipinski definition) is 0. The molecule has 4 heterocycles. The van der Waals surface area contributed by atoms with Gasteiger partial charge in [0, 0.05) is 43.8 Å². The van der Waals surface area contributed by atoms with Crippen LogP contribution < -0.4 is 10.9 Å². The average molecular weight is 516 g/mol. The normalized spacial score (nSPS) is 13.3. The summed E-state index contributed by atoms with van der Waals surface area (Å²) in [5, 5.41) is 10.5. The molecular formula is C38H21BN2. The van der Waals surface area contributed by atoms with Crippen LogP contribution in [-0.4, -0.2) is 15.9 Å². The first-order valence-corrected chi connectivity index (χ1v) is 14.4. The van der Waals surface area contributed by atoms with Crippen LogP contribution in [0.25, 0.3) is 82.0 Å². The van der Waals surface area contributed by atoms with Crippen LogP contribution >= 0.6 is 0 Å². The van der Waals surface area contributed by atoms with E-state index in [0.29, 0.717) is 0 Å². The predicted molar refractivity (Wildman–Crippen MR) is 175 cm³/mol. The monoisotopic (exact) mass is 516 g/mol. The molecule has 0 spiro atoms. The van der Waals surface area contributed by atoms with Gasteiger partial charge < -0.3 is 9.05 Å². The van der Waals surface area contributed by atoms with Crippen LogP contribution in [0.3, 0.4) is 0 Å². The Labute approximate surface area is 235 Å². The minimum atomic E-state index is 0.0914. The summed E-state index contributed by atoms with van der Waals surface area (Å²) >= 11 is 0. The summed E-state index contributed by atoms with van der Waals surface area (Å²) < 4.78 is 5.20. The van der Waals surface area contributed by atoms with Gasteiger partial charge in [0.15, 0.2) is 0 Å². The lowest BCUT2D eigenvalue weighted by atomic mass is 9.45. The van der Waals surface area contributed by atoms with Gasteiger partial charge in [0.05, 0.1) is 11.0 Å². The zero-order chi connectivity index (χ0) is 26.4. The molecule has 0 saturated carbocycles. The van der Waals surface area contributed by atoms with Crippen molar-refractivity contribution in [3.05, 3.63) is 127 Å². The fourth-order valence-corrected chi connectivity index (χ4v) is 8.22. The number of benzene rings is 7. The van der Waals surface area contributed by atoms with Gasteiger partial charge >= 0.3 is 6.85 Å². The van der Waals surface area contributed by atoms with Crippen molar-refractivity contribution in [3.8, 4) is 16.8 Å². The van der Waals surface area contributed by atoms with Gasteiger partial charge in [0.1, 0.15) is 0 Å². The van der Waals surface area contributed by atoms with Crippen molar-refractivity contribution in [3.63, 3.8) is 0 Å². The molecule has 2 aliphatic heterocycles. The van der Waals surface area contributed by atoms with Gasteiger partial charge in [-0.3, -0.25) is 0 Å². The fourth-order valence-electron chi connectivity index (χ4n) is 8.22. The third-order valence-electron chi connectivity index (χ3n) is 9.81. The molecule has 2 nitrogen and oxygen atoms in total. The molecule has 0 aliphatic carbocycles. The van der Waals surface area contributed by atoms with Crippen LogP contribution in [0.1, 0.15) is 0 Å². The molecule has 0 fully saturated rings. The van der Waals surface area contributed by atoms with Crippen LogP contribution in [0.2, 0.25) is 0 Å². The molecule has 9 aromatic rings. The maximum absolute atomic E-state index is 2.65. The van der Waals surface area contributed by atoms with Crippen LogP contribution in [0.5, 0.6) is 0 Å². The molecule has 0 N–H and O–H groups in total. The highest BCUT2D eigenvalue weighted by atomic mass is 15.0. The number of rotatable bonds is 0. The van der Waals surface area contributed by atoms with E-state index in [4.69, 9.17) is 0 Å². The number of hydrogen-bond donors (Lipinski definition) is 0. The maximum Gasteiger partial charge on any atom is 0.333 e. The van der Waals surface area contributed by atoms with Crippen LogP contribution in [0.4, 0.5) is 0 Å². The van der Waals surface area contributed by atoms with E-state index in [2.05, 4.69) is 136 Å². The molecule has 2 aromatic heterocycles. The van der Waals surface area contributed by atoms with E-state index in [-0.39, 0.29) is 6.85 Å². The molecule has 41 heavy (non-hydrogen) atoms. The lowest BCUT2D eigenvalue weighted by Gasteiger charge is -2.34. The summed E-state index contributed by atoms with van der Waals surface area (Å²) in [5.74, 6) is 0. The molecular weight excluding hydrogens is 495 g/mol. The lowest BCUT2D eigenvalue weighted by Crippen LogP contribution is -2.55. The Morgan fingerprint density at radius 1 is 0.439 bits per heavy atom. The minimum Gasteiger partial charge on any atom is -0.375 e. The first kappa shape index (κ1) is 20.6. The Morgan fingerprint density at radius 3 is 1.93 bits per heavy atom. The molecule has 0 unspecified atom stereocenters. The van der Waals surface area contributed by atoms with Gasteiger partial charge in [-0.25, -0.2) is 0 Å². The molecule has 3 heteroatoms. The first-order valence-electron chi connectivity index (χ1n) is 14.4. The largest absolute Gasteiger partial charge is 0.375 e. The van der Waals surface area contributed by atoms with Crippen molar-refractivity contribution in [2.75, 3.05) is 0 Å². The zero-order valence-electron chi connectivity index (χ0n) is 22.1. The third kappa shape index (κ3) is 2.32. The Balaban J connectivity index is 1.42. The molecule has 0 radical (unpaired) electrons. The second-order valence-electron chi connectivity index (χ2n) is 11.7. The Kier molecular flexibility index (Phi) is 3.46. The second kappa shape index (κ2) is 6.89.